The number of pyridine rings is 1. The molecule has 33 heavy (non-hydrogen) atoms. The summed E-state index contributed by atoms with van der Waals surface area (Å²) >= 11 is 0. The van der Waals surface area contributed by atoms with Gasteiger partial charge in [0.1, 0.15) is 11.5 Å². The van der Waals surface area contributed by atoms with Crippen molar-refractivity contribution in [1.29, 1.82) is 0 Å². The van der Waals surface area contributed by atoms with Crippen LogP contribution in [0.3, 0.4) is 0 Å². The van der Waals surface area contributed by atoms with E-state index in [-0.39, 0.29) is 17.1 Å². The molecule has 0 bridgehead atoms. The van der Waals surface area contributed by atoms with Gasteiger partial charge in [-0.3, -0.25) is 15.0 Å². The first-order chi connectivity index (χ1) is 15.9. The quantitative estimate of drug-likeness (QED) is 0.438. The molecular weight excluding hydrogens is 448 g/mol. The summed E-state index contributed by atoms with van der Waals surface area (Å²) in [5, 5.41) is 11.8. The maximum atomic E-state index is 12.7. The summed E-state index contributed by atoms with van der Waals surface area (Å²) < 4.78 is 33.3. The standard InChI is InChI=1S/C21H28N6O5S/c28-27(29)20-17-18(33(30,31)23-7-8-24-13-15-32-16-14-24)4-5-19(20)25-9-11-26(12-10-25)21-3-1-2-6-22-21/h1-6,17,23H,7-16H2. The van der Waals surface area contributed by atoms with Crippen LogP contribution < -0.4 is 14.5 Å². The van der Waals surface area contributed by atoms with Crippen molar-refractivity contribution in [3.05, 3.63) is 52.7 Å². The lowest BCUT2D eigenvalue weighted by atomic mass is 10.2. The zero-order chi connectivity index (χ0) is 23.3. The van der Waals surface area contributed by atoms with E-state index in [1.54, 1.807) is 6.20 Å². The van der Waals surface area contributed by atoms with Gasteiger partial charge in [-0.05, 0) is 24.3 Å². The van der Waals surface area contributed by atoms with E-state index < -0.39 is 14.9 Å². The Hall–Kier alpha value is -2.80. The van der Waals surface area contributed by atoms with Crippen molar-refractivity contribution in [2.75, 3.05) is 75.4 Å². The van der Waals surface area contributed by atoms with E-state index in [2.05, 4.69) is 19.5 Å². The number of nitrogens with zero attached hydrogens (tertiary/aromatic N) is 5. The van der Waals surface area contributed by atoms with Crippen LogP contribution in [-0.4, -0.2) is 88.8 Å². The molecule has 0 spiro atoms. The summed E-state index contributed by atoms with van der Waals surface area (Å²) in [6.07, 6.45) is 1.74. The number of hydrogen-bond acceptors (Lipinski definition) is 9. The Bertz CT molecular complexity index is 1050. The molecule has 0 aliphatic carbocycles. The second-order valence-corrected chi connectivity index (χ2v) is 9.69. The molecule has 0 unspecified atom stereocenters. The van der Waals surface area contributed by atoms with Gasteiger partial charge in [-0.2, -0.15) is 0 Å². The number of sulfonamides is 1. The molecule has 2 aromatic rings. The summed E-state index contributed by atoms with van der Waals surface area (Å²) in [5.41, 5.74) is 0.213. The van der Waals surface area contributed by atoms with Crippen molar-refractivity contribution in [1.82, 2.24) is 14.6 Å². The molecule has 2 aliphatic rings. The van der Waals surface area contributed by atoms with Crippen molar-refractivity contribution in [2.45, 2.75) is 4.90 Å². The summed E-state index contributed by atoms with van der Waals surface area (Å²) in [6, 6.07) is 9.83. The topological polar surface area (TPSA) is 121 Å². The molecule has 2 saturated heterocycles. The minimum absolute atomic E-state index is 0.105. The van der Waals surface area contributed by atoms with E-state index in [0.29, 0.717) is 51.6 Å². The molecule has 2 aliphatic heterocycles. The number of ether oxygens (including phenoxy) is 1. The van der Waals surface area contributed by atoms with Gasteiger partial charge in [0.15, 0.2) is 0 Å². The third kappa shape index (κ3) is 5.77. The predicted octanol–water partition coefficient (Wildman–Crippen LogP) is 0.927. The van der Waals surface area contributed by atoms with Gasteiger partial charge in [0.05, 0.1) is 23.0 Å². The number of nitro benzene ring substituents is 1. The molecule has 3 heterocycles. The average molecular weight is 477 g/mol. The number of rotatable bonds is 8. The van der Waals surface area contributed by atoms with Crippen LogP contribution in [0.1, 0.15) is 0 Å². The van der Waals surface area contributed by atoms with Crippen molar-refractivity contribution >= 4 is 27.2 Å². The summed E-state index contributed by atoms with van der Waals surface area (Å²) in [7, 11) is -3.86. The number of anilines is 2. The van der Waals surface area contributed by atoms with Gasteiger partial charge in [-0.15, -0.1) is 0 Å². The Morgan fingerprint density at radius 2 is 1.76 bits per heavy atom. The Balaban J connectivity index is 1.42. The van der Waals surface area contributed by atoms with E-state index in [1.165, 1.54) is 12.1 Å². The predicted molar refractivity (Wildman–Crippen MR) is 124 cm³/mol. The van der Waals surface area contributed by atoms with Crippen LogP contribution >= 0.6 is 0 Å². The first-order valence-electron chi connectivity index (χ1n) is 10.9. The molecule has 11 nitrogen and oxygen atoms in total. The minimum atomic E-state index is -3.86. The highest BCUT2D eigenvalue weighted by Crippen LogP contribution is 2.32. The molecule has 1 aromatic carbocycles. The van der Waals surface area contributed by atoms with Crippen LogP contribution in [0.15, 0.2) is 47.5 Å². The van der Waals surface area contributed by atoms with Crippen molar-refractivity contribution in [2.24, 2.45) is 0 Å². The fraction of sp³-hybridized carbons (Fsp3) is 0.476. The molecule has 4 rings (SSSR count). The van der Waals surface area contributed by atoms with Gasteiger partial charge in [0.2, 0.25) is 10.0 Å². The Morgan fingerprint density at radius 3 is 2.42 bits per heavy atom. The number of nitro groups is 1. The summed E-state index contributed by atoms with van der Waals surface area (Å²) in [5.74, 6) is 0.872. The molecule has 0 radical (unpaired) electrons. The fourth-order valence-corrected chi connectivity index (χ4v) is 5.09. The Morgan fingerprint density at radius 1 is 1.03 bits per heavy atom. The molecule has 0 amide bonds. The number of aromatic nitrogens is 1. The lowest BCUT2D eigenvalue weighted by Crippen LogP contribution is -2.47. The van der Waals surface area contributed by atoms with E-state index in [1.807, 2.05) is 23.1 Å². The van der Waals surface area contributed by atoms with Gasteiger partial charge in [0, 0.05) is 64.6 Å². The maximum Gasteiger partial charge on any atom is 0.293 e. The molecule has 0 saturated carbocycles. The lowest BCUT2D eigenvalue weighted by molar-refractivity contribution is -0.384. The molecule has 2 fully saturated rings. The SMILES string of the molecule is O=[N+]([O-])c1cc(S(=O)(=O)NCCN2CCOCC2)ccc1N1CCN(c2ccccn2)CC1. The van der Waals surface area contributed by atoms with Crippen molar-refractivity contribution in [3.63, 3.8) is 0 Å². The van der Waals surface area contributed by atoms with E-state index in [4.69, 9.17) is 4.74 Å². The minimum Gasteiger partial charge on any atom is -0.379 e. The zero-order valence-electron chi connectivity index (χ0n) is 18.3. The van der Waals surface area contributed by atoms with Gasteiger partial charge in [-0.25, -0.2) is 18.1 Å². The van der Waals surface area contributed by atoms with Crippen LogP contribution in [0.5, 0.6) is 0 Å². The van der Waals surface area contributed by atoms with Gasteiger partial charge in [-0.1, -0.05) is 6.07 Å². The zero-order valence-corrected chi connectivity index (χ0v) is 19.1. The smallest absolute Gasteiger partial charge is 0.293 e. The van der Waals surface area contributed by atoms with Gasteiger partial charge >= 0.3 is 0 Å². The number of benzene rings is 1. The molecule has 1 aromatic heterocycles. The normalized spacial score (nSPS) is 17.8. The van der Waals surface area contributed by atoms with Crippen molar-refractivity contribution in [3.8, 4) is 0 Å². The first kappa shape index (κ1) is 23.4. The highest BCUT2D eigenvalue weighted by Gasteiger charge is 2.27. The molecular formula is C21H28N6O5S. The first-order valence-corrected chi connectivity index (χ1v) is 12.4. The number of nitrogens with one attached hydrogen (secondary N) is 1. The average Bonchev–Trinajstić information content (AvgIpc) is 2.85. The van der Waals surface area contributed by atoms with E-state index in [0.717, 1.165) is 25.0 Å². The van der Waals surface area contributed by atoms with Crippen LogP contribution in [0.25, 0.3) is 0 Å². The van der Waals surface area contributed by atoms with Crippen LogP contribution in [0, 0.1) is 10.1 Å². The largest absolute Gasteiger partial charge is 0.379 e. The Kier molecular flexibility index (Phi) is 7.38. The molecule has 0 atom stereocenters. The lowest BCUT2D eigenvalue weighted by Gasteiger charge is -2.36. The molecule has 178 valence electrons. The van der Waals surface area contributed by atoms with Gasteiger partial charge < -0.3 is 14.5 Å². The number of piperazine rings is 1. The third-order valence-electron chi connectivity index (χ3n) is 5.87. The Labute approximate surface area is 193 Å². The van der Waals surface area contributed by atoms with Crippen LogP contribution in [0.2, 0.25) is 0 Å². The maximum absolute atomic E-state index is 12.7. The fourth-order valence-electron chi connectivity index (χ4n) is 4.05. The highest BCUT2D eigenvalue weighted by atomic mass is 32.2. The highest BCUT2D eigenvalue weighted by molar-refractivity contribution is 7.89. The second kappa shape index (κ2) is 10.4. The third-order valence-corrected chi connectivity index (χ3v) is 7.33. The van der Waals surface area contributed by atoms with E-state index in [9.17, 15) is 18.5 Å². The number of morpholine rings is 1. The van der Waals surface area contributed by atoms with Crippen molar-refractivity contribution < 1.29 is 18.1 Å². The van der Waals surface area contributed by atoms with Crippen LogP contribution in [-0.2, 0) is 14.8 Å². The molecule has 12 heteroatoms. The summed E-state index contributed by atoms with van der Waals surface area (Å²) in [4.78, 5) is 21.7. The second-order valence-electron chi connectivity index (χ2n) is 7.92. The van der Waals surface area contributed by atoms with Gasteiger partial charge in [0.25, 0.3) is 5.69 Å². The molecule has 1 N–H and O–H groups in total. The van der Waals surface area contributed by atoms with Crippen LogP contribution in [0.4, 0.5) is 17.2 Å². The number of hydrogen-bond donors (Lipinski definition) is 1. The summed E-state index contributed by atoms with van der Waals surface area (Å²) in [6.45, 7) is 6.05. The monoisotopic (exact) mass is 476 g/mol. The van der Waals surface area contributed by atoms with E-state index >= 15 is 0 Å².